The fourth-order valence-electron chi connectivity index (χ4n) is 3.56. The predicted octanol–water partition coefficient (Wildman–Crippen LogP) is 3.71. The minimum atomic E-state index is -3.79. The standard InChI is InChI=1S/C22H21ClN4O4S/c1-13-11-25-14(2)22(26-13)31-20-9-15(3-8-19(20)23)16-10-21(28)27(12-16)17-4-6-18(7-5-17)32(24,29)30/h3-9,11,16H,10,12H2,1-2H3,(H2,24,29,30)/t16-/m0/s1. The van der Waals surface area contributed by atoms with Crippen LogP contribution in [0.15, 0.2) is 53.6 Å². The number of carbonyl (C=O) groups excluding carboxylic acids is 1. The fraction of sp³-hybridized carbons (Fsp3) is 0.227. The quantitative estimate of drug-likeness (QED) is 0.605. The number of hydrogen-bond acceptors (Lipinski definition) is 6. The van der Waals surface area contributed by atoms with Gasteiger partial charge >= 0.3 is 0 Å². The van der Waals surface area contributed by atoms with Crippen LogP contribution in [0.1, 0.15) is 29.3 Å². The van der Waals surface area contributed by atoms with Gasteiger partial charge in [0.25, 0.3) is 0 Å². The van der Waals surface area contributed by atoms with Gasteiger partial charge in [0.1, 0.15) is 5.75 Å². The molecule has 32 heavy (non-hydrogen) atoms. The molecule has 10 heteroatoms. The highest BCUT2D eigenvalue weighted by Gasteiger charge is 2.32. The van der Waals surface area contributed by atoms with Crippen molar-refractivity contribution in [3.63, 3.8) is 0 Å². The largest absolute Gasteiger partial charge is 0.436 e. The first kappa shape index (κ1) is 22.2. The molecule has 2 heterocycles. The van der Waals surface area contributed by atoms with Gasteiger partial charge in [0.15, 0.2) is 0 Å². The number of carbonyl (C=O) groups is 1. The highest BCUT2D eigenvalue weighted by atomic mass is 35.5. The summed E-state index contributed by atoms with van der Waals surface area (Å²) in [5, 5.41) is 5.57. The summed E-state index contributed by atoms with van der Waals surface area (Å²) in [4.78, 5) is 22.9. The number of aryl methyl sites for hydroxylation is 2. The third-order valence-electron chi connectivity index (χ3n) is 5.27. The maximum atomic E-state index is 12.7. The lowest BCUT2D eigenvalue weighted by molar-refractivity contribution is -0.117. The van der Waals surface area contributed by atoms with E-state index in [2.05, 4.69) is 9.97 Å². The van der Waals surface area contributed by atoms with Crippen molar-refractivity contribution in [1.82, 2.24) is 9.97 Å². The Balaban J connectivity index is 1.56. The summed E-state index contributed by atoms with van der Waals surface area (Å²) in [5.41, 5.74) is 2.88. The van der Waals surface area contributed by atoms with E-state index in [0.29, 0.717) is 41.0 Å². The number of halogens is 1. The second-order valence-electron chi connectivity index (χ2n) is 7.64. The topological polar surface area (TPSA) is 115 Å². The van der Waals surface area contributed by atoms with Crippen molar-refractivity contribution in [2.75, 3.05) is 11.4 Å². The van der Waals surface area contributed by atoms with Crippen LogP contribution in [-0.4, -0.2) is 30.8 Å². The van der Waals surface area contributed by atoms with Crippen LogP contribution >= 0.6 is 11.6 Å². The molecule has 2 aromatic carbocycles. The van der Waals surface area contributed by atoms with E-state index in [9.17, 15) is 13.2 Å². The van der Waals surface area contributed by atoms with Crippen LogP contribution < -0.4 is 14.8 Å². The van der Waals surface area contributed by atoms with E-state index in [1.165, 1.54) is 12.1 Å². The zero-order chi connectivity index (χ0) is 23.0. The summed E-state index contributed by atoms with van der Waals surface area (Å²) in [7, 11) is -3.79. The molecule has 1 atom stereocenters. The van der Waals surface area contributed by atoms with Crippen molar-refractivity contribution in [2.24, 2.45) is 5.14 Å². The molecule has 1 aliphatic rings. The number of anilines is 1. The predicted molar refractivity (Wildman–Crippen MR) is 121 cm³/mol. The lowest BCUT2D eigenvalue weighted by Crippen LogP contribution is -2.24. The molecule has 0 aliphatic carbocycles. The number of aromatic nitrogens is 2. The minimum Gasteiger partial charge on any atom is -0.436 e. The van der Waals surface area contributed by atoms with Gasteiger partial charge in [-0.2, -0.15) is 0 Å². The van der Waals surface area contributed by atoms with Gasteiger partial charge in [0.2, 0.25) is 21.8 Å². The Morgan fingerprint density at radius 1 is 1.16 bits per heavy atom. The van der Waals surface area contributed by atoms with Crippen LogP contribution in [0.2, 0.25) is 5.02 Å². The molecule has 0 bridgehead atoms. The van der Waals surface area contributed by atoms with Gasteiger partial charge in [-0.25, -0.2) is 18.5 Å². The third kappa shape index (κ3) is 4.59. The fourth-order valence-corrected chi connectivity index (χ4v) is 4.24. The number of primary sulfonamides is 1. The normalized spacial score (nSPS) is 16.4. The van der Waals surface area contributed by atoms with Crippen LogP contribution in [0, 0.1) is 13.8 Å². The summed E-state index contributed by atoms with van der Waals surface area (Å²) >= 11 is 6.34. The molecule has 0 unspecified atom stereocenters. The van der Waals surface area contributed by atoms with Crippen LogP contribution in [0.25, 0.3) is 0 Å². The van der Waals surface area contributed by atoms with Gasteiger partial charge in [-0.15, -0.1) is 0 Å². The SMILES string of the molecule is Cc1cnc(C)c(Oc2cc([C@H]3CC(=O)N(c4ccc(S(N)(=O)=O)cc4)C3)ccc2Cl)n1. The average Bonchev–Trinajstić information content (AvgIpc) is 3.13. The molecule has 166 valence electrons. The zero-order valence-electron chi connectivity index (χ0n) is 17.4. The molecule has 8 nitrogen and oxygen atoms in total. The molecule has 0 radical (unpaired) electrons. The van der Waals surface area contributed by atoms with Gasteiger partial charge < -0.3 is 9.64 Å². The molecule has 4 rings (SSSR count). The van der Waals surface area contributed by atoms with Gasteiger partial charge in [-0.1, -0.05) is 17.7 Å². The number of hydrogen-bond donors (Lipinski definition) is 1. The number of rotatable bonds is 5. The molecule has 1 aromatic heterocycles. The molecule has 3 aromatic rings. The average molecular weight is 473 g/mol. The Morgan fingerprint density at radius 3 is 2.56 bits per heavy atom. The van der Waals surface area contributed by atoms with Crippen LogP contribution in [0.4, 0.5) is 5.69 Å². The van der Waals surface area contributed by atoms with Gasteiger partial charge in [0, 0.05) is 30.8 Å². The number of nitrogens with zero attached hydrogens (tertiary/aromatic N) is 3. The maximum absolute atomic E-state index is 12.7. The Labute approximate surface area is 191 Å². The summed E-state index contributed by atoms with van der Waals surface area (Å²) < 4.78 is 28.9. The third-order valence-corrected chi connectivity index (χ3v) is 6.51. The lowest BCUT2D eigenvalue weighted by atomic mass is 9.98. The van der Waals surface area contributed by atoms with Crippen LogP contribution in [0.3, 0.4) is 0 Å². The highest BCUT2D eigenvalue weighted by molar-refractivity contribution is 7.89. The Kier molecular flexibility index (Phi) is 5.89. The summed E-state index contributed by atoms with van der Waals surface area (Å²) in [6.07, 6.45) is 1.97. The van der Waals surface area contributed by atoms with E-state index < -0.39 is 10.0 Å². The molecule has 1 amide bonds. The van der Waals surface area contributed by atoms with E-state index in [1.54, 1.807) is 36.2 Å². The number of nitrogens with two attached hydrogens (primary N) is 1. The van der Waals surface area contributed by atoms with Gasteiger partial charge in [-0.05, 0) is 55.8 Å². The van der Waals surface area contributed by atoms with E-state index in [1.807, 2.05) is 19.1 Å². The molecule has 1 fully saturated rings. The molecule has 0 spiro atoms. The van der Waals surface area contributed by atoms with Crippen molar-refractivity contribution in [3.05, 3.63) is 70.6 Å². The molecule has 1 saturated heterocycles. The maximum Gasteiger partial charge on any atom is 0.241 e. The Morgan fingerprint density at radius 2 is 1.88 bits per heavy atom. The van der Waals surface area contributed by atoms with E-state index in [-0.39, 0.29) is 16.7 Å². The first-order valence-electron chi connectivity index (χ1n) is 9.82. The van der Waals surface area contributed by atoms with Crippen molar-refractivity contribution >= 4 is 33.2 Å². The second kappa shape index (κ2) is 8.50. The summed E-state index contributed by atoms with van der Waals surface area (Å²) in [5.74, 6) is 0.680. The molecule has 1 aliphatic heterocycles. The van der Waals surface area contributed by atoms with Crippen molar-refractivity contribution in [1.29, 1.82) is 0 Å². The van der Waals surface area contributed by atoms with E-state index >= 15 is 0 Å². The first-order valence-corrected chi connectivity index (χ1v) is 11.7. The van der Waals surface area contributed by atoms with Crippen molar-refractivity contribution in [3.8, 4) is 11.6 Å². The van der Waals surface area contributed by atoms with Crippen molar-refractivity contribution < 1.29 is 17.9 Å². The lowest BCUT2D eigenvalue weighted by Gasteiger charge is -2.18. The number of ether oxygens (including phenoxy) is 1. The number of sulfonamides is 1. The van der Waals surface area contributed by atoms with Crippen LogP contribution in [-0.2, 0) is 14.8 Å². The van der Waals surface area contributed by atoms with Crippen LogP contribution in [0.5, 0.6) is 11.6 Å². The van der Waals surface area contributed by atoms with Gasteiger partial charge in [-0.3, -0.25) is 9.78 Å². The number of amides is 1. The zero-order valence-corrected chi connectivity index (χ0v) is 19.0. The van der Waals surface area contributed by atoms with Gasteiger partial charge in [0.05, 0.1) is 21.3 Å². The highest BCUT2D eigenvalue weighted by Crippen LogP contribution is 2.37. The van der Waals surface area contributed by atoms with Crippen molar-refractivity contribution in [2.45, 2.75) is 31.1 Å². The van der Waals surface area contributed by atoms with E-state index in [0.717, 1.165) is 11.3 Å². The molecule has 0 saturated carbocycles. The molecular formula is C22H21ClN4O4S. The first-order chi connectivity index (χ1) is 15.1. The Bertz CT molecular complexity index is 1300. The summed E-state index contributed by atoms with van der Waals surface area (Å²) in [6, 6.07) is 11.4. The number of benzene rings is 2. The monoisotopic (exact) mass is 472 g/mol. The minimum absolute atomic E-state index is 0.00141. The second-order valence-corrected chi connectivity index (χ2v) is 9.61. The Hall–Kier alpha value is -3.01. The summed E-state index contributed by atoms with van der Waals surface area (Å²) in [6.45, 7) is 4.07. The smallest absolute Gasteiger partial charge is 0.241 e. The van der Waals surface area contributed by atoms with E-state index in [4.69, 9.17) is 21.5 Å². The molecular weight excluding hydrogens is 452 g/mol. The molecule has 2 N–H and O–H groups in total.